The minimum Gasteiger partial charge on any atom is -0.439 e. The minimum atomic E-state index is 0.448. The molecule has 2 unspecified atom stereocenters. The van der Waals surface area contributed by atoms with Crippen molar-refractivity contribution in [2.45, 2.75) is 32.4 Å². The van der Waals surface area contributed by atoms with Crippen LogP contribution >= 0.6 is 0 Å². The second-order valence-electron chi connectivity index (χ2n) is 5.47. The number of piperidine rings is 1. The maximum absolute atomic E-state index is 5.92. The van der Waals surface area contributed by atoms with Gasteiger partial charge in [-0.3, -0.25) is 4.90 Å². The molecular weight excluding hydrogens is 238 g/mol. The third-order valence-corrected chi connectivity index (χ3v) is 4.15. The molecule has 1 aromatic heterocycles. The summed E-state index contributed by atoms with van der Waals surface area (Å²) < 4.78 is 5.81. The summed E-state index contributed by atoms with van der Waals surface area (Å²) in [6, 6.07) is 8.36. The molecule has 3 rings (SSSR count). The number of likely N-dealkylation sites (tertiary alicyclic amines) is 1. The number of aromatic nitrogens is 1. The van der Waals surface area contributed by atoms with Crippen LogP contribution in [0.15, 0.2) is 28.7 Å². The van der Waals surface area contributed by atoms with Crippen LogP contribution in [-0.2, 0) is 6.54 Å². The summed E-state index contributed by atoms with van der Waals surface area (Å²) in [4.78, 5) is 6.97. The van der Waals surface area contributed by atoms with Crippen LogP contribution in [0.1, 0.15) is 25.7 Å². The molecule has 2 heterocycles. The van der Waals surface area contributed by atoms with Gasteiger partial charge in [-0.15, -0.1) is 0 Å². The normalized spacial score (nSPS) is 24.9. The number of hydrogen-bond acceptors (Lipinski definition) is 4. The van der Waals surface area contributed by atoms with E-state index in [1.165, 1.54) is 12.8 Å². The maximum Gasteiger partial charge on any atom is 0.209 e. The van der Waals surface area contributed by atoms with E-state index in [-0.39, 0.29) is 0 Å². The molecule has 19 heavy (non-hydrogen) atoms. The molecule has 2 aromatic rings. The third kappa shape index (κ3) is 2.51. The summed E-state index contributed by atoms with van der Waals surface area (Å²) in [7, 11) is 0. The lowest BCUT2D eigenvalue weighted by atomic mass is 9.91. The minimum absolute atomic E-state index is 0.448. The van der Waals surface area contributed by atoms with Crippen LogP contribution in [0.25, 0.3) is 11.1 Å². The molecule has 4 nitrogen and oxygen atoms in total. The second-order valence-corrected chi connectivity index (χ2v) is 5.47. The van der Waals surface area contributed by atoms with Crippen LogP contribution in [0.3, 0.4) is 0 Å². The number of hydrogen-bond donors (Lipinski definition) is 1. The summed E-state index contributed by atoms with van der Waals surface area (Å²) in [6.45, 7) is 4.85. The van der Waals surface area contributed by atoms with Crippen molar-refractivity contribution in [3.05, 3.63) is 30.2 Å². The van der Waals surface area contributed by atoms with Crippen molar-refractivity contribution in [3.63, 3.8) is 0 Å². The monoisotopic (exact) mass is 259 g/mol. The van der Waals surface area contributed by atoms with Crippen LogP contribution in [0.2, 0.25) is 0 Å². The van der Waals surface area contributed by atoms with E-state index in [0.717, 1.165) is 30.1 Å². The highest BCUT2D eigenvalue weighted by Crippen LogP contribution is 2.25. The molecule has 1 aliphatic rings. The van der Waals surface area contributed by atoms with Gasteiger partial charge in [-0.2, -0.15) is 0 Å². The SMILES string of the molecule is CC1CCCN(Cc2nc3ccccc3o2)C1CN. The van der Waals surface area contributed by atoms with E-state index in [0.29, 0.717) is 18.5 Å². The fraction of sp³-hybridized carbons (Fsp3) is 0.533. The van der Waals surface area contributed by atoms with Crippen molar-refractivity contribution in [2.24, 2.45) is 11.7 Å². The summed E-state index contributed by atoms with van der Waals surface area (Å²) in [6.07, 6.45) is 2.50. The molecule has 2 atom stereocenters. The molecule has 0 radical (unpaired) electrons. The lowest BCUT2D eigenvalue weighted by Crippen LogP contribution is -2.48. The standard InChI is InChI=1S/C15H21N3O/c1-11-5-4-8-18(13(11)9-16)10-15-17-12-6-2-3-7-14(12)19-15/h2-3,6-7,11,13H,4-5,8-10,16H2,1H3. The fourth-order valence-electron chi connectivity index (χ4n) is 3.07. The molecule has 0 saturated carbocycles. The number of nitrogens with two attached hydrogens (primary N) is 1. The largest absolute Gasteiger partial charge is 0.439 e. The summed E-state index contributed by atoms with van der Waals surface area (Å²) >= 11 is 0. The summed E-state index contributed by atoms with van der Waals surface area (Å²) in [5.41, 5.74) is 7.72. The first kappa shape index (κ1) is 12.6. The van der Waals surface area contributed by atoms with Crippen LogP contribution in [0.5, 0.6) is 0 Å². The van der Waals surface area contributed by atoms with Gasteiger partial charge in [0.1, 0.15) is 5.52 Å². The van der Waals surface area contributed by atoms with E-state index < -0.39 is 0 Å². The van der Waals surface area contributed by atoms with Gasteiger partial charge in [-0.1, -0.05) is 19.1 Å². The Morgan fingerprint density at radius 2 is 2.26 bits per heavy atom. The first-order chi connectivity index (χ1) is 9.28. The predicted molar refractivity (Wildman–Crippen MR) is 75.7 cm³/mol. The molecule has 0 bridgehead atoms. The van der Waals surface area contributed by atoms with E-state index in [2.05, 4.69) is 16.8 Å². The van der Waals surface area contributed by atoms with E-state index in [1.807, 2.05) is 24.3 Å². The molecule has 1 saturated heterocycles. The van der Waals surface area contributed by atoms with Crippen molar-refractivity contribution >= 4 is 11.1 Å². The molecule has 102 valence electrons. The van der Waals surface area contributed by atoms with Crippen molar-refractivity contribution < 1.29 is 4.42 Å². The zero-order chi connectivity index (χ0) is 13.2. The fourth-order valence-corrected chi connectivity index (χ4v) is 3.07. The first-order valence-electron chi connectivity index (χ1n) is 7.06. The zero-order valence-electron chi connectivity index (χ0n) is 11.4. The maximum atomic E-state index is 5.92. The Morgan fingerprint density at radius 3 is 3.05 bits per heavy atom. The van der Waals surface area contributed by atoms with Gasteiger partial charge in [0.15, 0.2) is 5.58 Å². The Kier molecular flexibility index (Phi) is 3.53. The molecule has 0 amide bonds. The van der Waals surface area contributed by atoms with Gasteiger partial charge in [0.2, 0.25) is 5.89 Å². The quantitative estimate of drug-likeness (QED) is 0.919. The average Bonchev–Trinajstić information content (AvgIpc) is 2.81. The van der Waals surface area contributed by atoms with E-state index in [1.54, 1.807) is 0 Å². The van der Waals surface area contributed by atoms with Crippen LogP contribution in [0.4, 0.5) is 0 Å². The molecule has 0 aliphatic carbocycles. The highest BCUT2D eigenvalue weighted by molar-refractivity contribution is 5.72. The van der Waals surface area contributed by atoms with Gasteiger partial charge in [0.05, 0.1) is 6.54 Å². The Labute approximate surface area is 113 Å². The van der Waals surface area contributed by atoms with Crippen LogP contribution in [-0.4, -0.2) is 29.0 Å². The van der Waals surface area contributed by atoms with Gasteiger partial charge in [-0.25, -0.2) is 4.98 Å². The molecule has 0 spiro atoms. The molecule has 2 N–H and O–H groups in total. The lowest BCUT2D eigenvalue weighted by molar-refractivity contribution is 0.0905. The van der Waals surface area contributed by atoms with E-state index in [9.17, 15) is 0 Å². The number of oxazole rings is 1. The van der Waals surface area contributed by atoms with Crippen molar-refractivity contribution in [2.75, 3.05) is 13.1 Å². The zero-order valence-corrected chi connectivity index (χ0v) is 11.4. The number of nitrogens with zero attached hydrogens (tertiary/aromatic N) is 2. The van der Waals surface area contributed by atoms with Gasteiger partial charge >= 0.3 is 0 Å². The van der Waals surface area contributed by atoms with Crippen LogP contribution < -0.4 is 5.73 Å². The van der Waals surface area contributed by atoms with Crippen molar-refractivity contribution in [3.8, 4) is 0 Å². The molecule has 1 aromatic carbocycles. The summed E-state index contributed by atoms with van der Waals surface area (Å²) in [5, 5.41) is 0. The first-order valence-corrected chi connectivity index (χ1v) is 7.06. The Hall–Kier alpha value is -1.39. The number of benzene rings is 1. The van der Waals surface area contributed by atoms with Crippen molar-refractivity contribution in [1.29, 1.82) is 0 Å². The Bertz CT molecular complexity index is 518. The molecular formula is C15H21N3O. The molecule has 4 heteroatoms. The number of rotatable bonds is 3. The van der Waals surface area contributed by atoms with Gasteiger partial charge < -0.3 is 10.2 Å². The molecule has 1 aliphatic heterocycles. The number of para-hydroxylation sites is 2. The topological polar surface area (TPSA) is 55.3 Å². The Balaban J connectivity index is 1.79. The van der Waals surface area contributed by atoms with Crippen LogP contribution in [0, 0.1) is 5.92 Å². The average molecular weight is 259 g/mol. The lowest BCUT2D eigenvalue weighted by Gasteiger charge is -2.38. The second kappa shape index (κ2) is 5.31. The van der Waals surface area contributed by atoms with Crippen molar-refractivity contribution in [1.82, 2.24) is 9.88 Å². The van der Waals surface area contributed by atoms with E-state index >= 15 is 0 Å². The predicted octanol–water partition coefficient (Wildman–Crippen LogP) is 2.39. The van der Waals surface area contributed by atoms with Gasteiger partial charge in [0.25, 0.3) is 0 Å². The Morgan fingerprint density at radius 1 is 1.42 bits per heavy atom. The smallest absolute Gasteiger partial charge is 0.209 e. The highest BCUT2D eigenvalue weighted by atomic mass is 16.3. The van der Waals surface area contributed by atoms with Gasteiger partial charge in [0, 0.05) is 12.6 Å². The summed E-state index contributed by atoms with van der Waals surface area (Å²) in [5.74, 6) is 1.46. The molecule has 1 fully saturated rings. The third-order valence-electron chi connectivity index (χ3n) is 4.15. The van der Waals surface area contributed by atoms with Gasteiger partial charge in [-0.05, 0) is 37.4 Å². The highest BCUT2D eigenvalue weighted by Gasteiger charge is 2.28. The number of fused-ring (bicyclic) bond motifs is 1. The van der Waals surface area contributed by atoms with E-state index in [4.69, 9.17) is 10.2 Å².